The van der Waals surface area contributed by atoms with Crippen molar-refractivity contribution in [2.45, 2.75) is 71.4 Å². The van der Waals surface area contributed by atoms with E-state index in [4.69, 9.17) is 4.74 Å². The zero-order chi connectivity index (χ0) is 15.5. The summed E-state index contributed by atoms with van der Waals surface area (Å²) in [6, 6.07) is 0.738. The molecule has 1 saturated heterocycles. The normalized spacial score (nSPS) is 29.3. The van der Waals surface area contributed by atoms with E-state index in [9.17, 15) is 4.79 Å². The standard InChI is InChI=1S/C17H32N2O2/c1-5-7-14-10-15(14)18-11-13-8-6-9-19(12-13)16(20)21-17(2,3)4/h13-15,18H,5-12H2,1-4H3. The van der Waals surface area contributed by atoms with Gasteiger partial charge in [-0.25, -0.2) is 4.79 Å². The van der Waals surface area contributed by atoms with Crippen molar-refractivity contribution in [3.05, 3.63) is 0 Å². The smallest absolute Gasteiger partial charge is 0.410 e. The summed E-state index contributed by atoms with van der Waals surface area (Å²) in [5, 5.41) is 3.69. The molecule has 2 aliphatic rings. The number of carbonyl (C=O) groups excluding carboxylic acids is 1. The minimum atomic E-state index is -0.399. The van der Waals surface area contributed by atoms with Crippen molar-refractivity contribution >= 4 is 6.09 Å². The predicted octanol–water partition coefficient (Wildman–Crippen LogP) is 3.41. The highest BCUT2D eigenvalue weighted by atomic mass is 16.6. The van der Waals surface area contributed by atoms with Crippen LogP contribution in [0.25, 0.3) is 0 Å². The second-order valence-corrected chi connectivity index (χ2v) is 7.73. The Balaban J connectivity index is 1.70. The highest BCUT2D eigenvalue weighted by Crippen LogP contribution is 2.34. The first kappa shape index (κ1) is 16.6. The fourth-order valence-electron chi connectivity index (χ4n) is 3.23. The van der Waals surface area contributed by atoms with Gasteiger partial charge >= 0.3 is 6.09 Å². The van der Waals surface area contributed by atoms with Crippen molar-refractivity contribution < 1.29 is 9.53 Å². The minimum Gasteiger partial charge on any atom is -0.444 e. The Labute approximate surface area is 129 Å². The number of nitrogens with one attached hydrogen (secondary N) is 1. The molecular weight excluding hydrogens is 264 g/mol. The Hall–Kier alpha value is -0.770. The molecule has 1 saturated carbocycles. The van der Waals surface area contributed by atoms with Crippen LogP contribution in [-0.4, -0.2) is 42.3 Å². The summed E-state index contributed by atoms with van der Waals surface area (Å²) in [7, 11) is 0. The molecule has 4 heteroatoms. The number of hydrogen-bond donors (Lipinski definition) is 1. The molecule has 3 atom stereocenters. The molecule has 1 N–H and O–H groups in total. The summed E-state index contributed by atoms with van der Waals surface area (Å²) in [6.45, 7) is 10.8. The summed E-state index contributed by atoms with van der Waals surface area (Å²) in [4.78, 5) is 14.0. The number of rotatable bonds is 5. The van der Waals surface area contributed by atoms with Gasteiger partial charge < -0.3 is 15.0 Å². The lowest BCUT2D eigenvalue weighted by atomic mass is 9.98. The molecule has 2 fully saturated rings. The van der Waals surface area contributed by atoms with E-state index < -0.39 is 5.60 Å². The van der Waals surface area contributed by atoms with E-state index >= 15 is 0 Å². The van der Waals surface area contributed by atoms with Gasteiger partial charge in [-0.3, -0.25) is 0 Å². The second kappa shape index (κ2) is 6.99. The molecule has 1 heterocycles. The first-order valence-electron chi connectivity index (χ1n) is 8.60. The molecule has 2 rings (SSSR count). The molecule has 21 heavy (non-hydrogen) atoms. The third-order valence-electron chi connectivity index (χ3n) is 4.42. The molecule has 4 nitrogen and oxygen atoms in total. The van der Waals surface area contributed by atoms with Gasteiger partial charge in [0.15, 0.2) is 0 Å². The molecule has 1 amide bonds. The van der Waals surface area contributed by atoms with E-state index in [0.29, 0.717) is 5.92 Å². The van der Waals surface area contributed by atoms with E-state index in [1.54, 1.807) is 0 Å². The molecule has 0 spiro atoms. The van der Waals surface area contributed by atoms with Crippen molar-refractivity contribution in [1.29, 1.82) is 0 Å². The molecule has 0 aromatic carbocycles. The molecule has 122 valence electrons. The highest BCUT2D eigenvalue weighted by molar-refractivity contribution is 5.68. The average Bonchev–Trinajstić information content (AvgIpc) is 3.14. The molecule has 0 aromatic heterocycles. The largest absolute Gasteiger partial charge is 0.444 e. The molecule has 0 bridgehead atoms. The zero-order valence-electron chi connectivity index (χ0n) is 14.2. The van der Waals surface area contributed by atoms with E-state index in [0.717, 1.165) is 38.0 Å². The Bertz CT molecular complexity index is 351. The van der Waals surface area contributed by atoms with E-state index in [1.807, 2.05) is 25.7 Å². The number of piperidine rings is 1. The van der Waals surface area contributed by atoms with Crippen LogP contribution in [-0.2, 0) is 4.74 Å². The molecule has 1 aliphatic heterocycles. The van der Waals surface area contributed by atoms with Crippen LogP contribution in [0.15, 0.2) is 0 Å². The summed E-state index contributed by atoms with van der Waals surface area (Å²) >= 11 is 0. The van der Waals surface area contributed by atoms with Crippen LogP contribution in [0.5, 0.6) is 0 Å². The van der Waals surface area contributed by atoms with Crippen LogP contribution in [0.2, 0.25) is 0 Å². The van der Waals surface area contributed by atoms with Crippen molar-refractivity contribution in [2.75, 3.05) is 19.6 Å². The van der Waals surface area contributed by atoms with Crippen LogP contribution in [0.4, 0.5) is 4.79 Å². The fraction of sp³-hybridized carbons (Fsp3) is 0.941. The van der Waals surface area contributed by atoms with Crippen LogP contribution in [0, 0.1) is 11.8 Å². The van der Waals surface area contributed by atoms with Gasteiger partial charge in [0, 0.05) is 19.1 Å². The SMILES string of the molecule is CCCC1CC1NCC1CCCN(C(=O)OC(C)(C)C)C1. The number of amides is 1. The molecule has 1 aliphatic carbocycles. The van der Waals surface area contributed by atoms with Crippen molar-refractivity contribution in [1.82, 2.24) is 10.2 Å². The third kappa shape index (κ3) is 5.50. The van der Waals surface area contributed by atoms with Crippen molar-refractivity contribution in [2.24, 2.45) is 11.8 Å². The lowest BCUT2D eigenvalue weighted by molar-refractivity contribution is 0.0166. The molecule has 0 radical (unpaired) electrons. The maximum absolute atomic E-state index is 12.1. The highest BCUT2D eigenvalue weighted by Gasteiger charge is 2.36. The first-order valence-corrected chi connectivity index (χ1v) is 8.60. The van der Waals surface area contributed by atoms with Crippen LogP contribution in [0.1, 0.15) is 59.8 Å². The maximum Gasteiger partial charge on any atom is 0.410 e. The van der Waals surface area contributed by atoms with E-state index in [1.165, 1.54) is 25.7 Å². The topological polar surface area (TPSA) is 41.6 Å². The Morgan fingerprint density at radius 1 is 1.38 bits per heavy atom. The Morgan fingerprint density at radius 2 is 2.14 bits per heavy atom. The lowest BCUT2D eigenvalue weighted by Gasteiger charge is -2.34. The summed E-state index contributed by atoms with van der Waals surface area (Å²) in [6.07, 6.45) is 6.15. The van der Waals surface area contributed by atoms with Gasteiger partial charge in [-0.2, -0.15) is 0 Å². The zero-order valence-corrected chi connectivity index (χ0v) is 14.2. The van der Waals surface area contributed by atoms with E-state index in [-0.39, 0.29) is 6.09 Å². The van der Waals surface area contributed by atoms with Gasteiger partial charge in [-0.15, -0.1) is 0 Å². The molecule has 0 aromatic rings. The number of likely N-dealkylation sites (tertiary alicyclic amines) is 1. The summed E-state index contributed by atoms with van der Waals surface area (Å²) in [5.74, 6) is 1.48. The monoisotopic (exact) mass is 296 g/mol. The maximum atomic E-state index is 12.1. The molecule has 3 unspecified atom stereocenters. The summed E-state index contributed by atoms with van der Waals surface area (Å²) < 4.78 is 5.48. The van der Waals surface area contributed by atoms with Gasteiger partial charge in [-0.1, -0.05) is 13.3 Å². The van der Waals surface area contributed by atoms with Gasteiger partial charge in [-0.05, 0) is 64.8 Å². The fourth-order valence-corrected chi connectivity index (χ4v) is 3.23. The van der Waals surface area contributed by atoms with Gasteiger partial charge in [0.05, 0.1) is 0 Å². The second-order valence-electron chi connectivity index (χ2n) is 7.73. The van der Waals surface area contributed by atoms with Crippen molar-refractivity contribution in [3.63, 3.8) is 0 Å². The molecular formula is C17H32N2O2. The average molecular weight is 296 g/mol. The quantitative estimate of drug-likeness (QED) is 0.845. The van der Waals surface area contributed by atoms with Gasteiger partial charge in [0.25, 0.3) is 0 Å². The van der Waals surface area contributed by atoms with E-state index in [2.05, 4.69) is 12.2 Å². The summed E-state index contributed by atoms with van der Waals surface area (Å²) in [5.41, 5.74) is -0.399. The van der Waals surface area contributed by atoms with Gasteiger partial charge in [0.2, 0.25) is 0 Å². The van der Waals surface area contributed by atoms with Crippen LogP contribution in [0.3, 0.4) is 0 Å². The van der Waals surface area contributed by atoms with Crippen LogP contribution >= 0.6 is 0 Å². The van der Waals surface area contributed by atoms with Crippen molar-refractivity contribution in [3.8, 4) is 0 Å². The number of ether oxygens (including phenoxy) is 1. The Kier molecular flexibility index (Phi) is 5.53. The van der Waals surface area contributed by atoms with Crippen LogP contribution < -0.4 is 5.32 Å². The minimum absolute atomic E-state index is 0.150. The third-order valence-corrected chi connectivity index (χ3v) is 4.42. The lowest BCUT2D eigenvalue weighted by Crippen LogP contribution is -2.45. The Morgan fingerprint density at radius 3 is 2.81 bits per heavy atom. The first-order chi connectivity index (χ1) is 9.89. The predicted molar refractivity (Wildman–Crippen MR) is 85.3 cm³/mol. The number of nitrogens with zero attached hydrogens (tertiary/aromatic N) is 1. The van der Waals surface area contributed by atoms with Gasteiger partial charge in [0.1, 0.15) is 5.60 Å². The number of carbonyl (C=O) groups is 1. The number of hydrogen-bond acceptors (Lipinski definition) is 3.